The Kier molecular flexibility index (Phi) is 2.37. The van der Waals surface area contributed by atoms with E-state index in [1.165, 1.54) is 25.7 Å². The number of hydrogen-bond donors (Lipinski definition) is 0. The molecule has 0 amide bonds. The molecular weight excluding hydrogens is 150 g/mol. The molecule has 2 nitrogen and oxygen atoms in total. The Bertz CT molecular complexity index is 146. The van der Waals surface area contributed by atoms with E-state index < -0.39 is 0 Å². The fraction of sp³-hybridized carbons (Fsp3) is 1.00. The van der Waals surface area contributed by atoms with Gasteiger partial charge in [-0.1, -0.05) is 0 Å². The third-order valence-corrected chi connectivity index (χ3v) is 3.29. The lowest BCUT2D eigenvalue weighted by Crippen LogP contribution is -2.29. The lowest BCUT2D eigenvalue weighted by Gasteiger charge is -2.28. The number of likely N-dealkylation sites (tertiary alicyclic amines) is 1. The van der Waals surface area contributed by atoms with E-state index in [0.29, 0.717) is 12.2 Å². The maximum Gasteiger partial charge on any atom is 0.0720 e. The maximum atomic E-state index is 5.95. The second-order valence-corrected chi connectivity index (χ2v) is 4.34. The van der Waals surface area contributed by atoms with Crippen LogP contribution in [-0.2, 0) is 4.74 Å². The molecule has 0 N–H and O–H groups in total. The highest BCUT2D eigenvalue weighted by molar-refractivity contribution is 4.83. The molecule has 0 aromatic rings. The Morgan fingerprint density at radius 1 is 1.25 bits per heavy atom. The summed E-state index contributed by atoms with van der Waals surface area (Å²) >= 11 is 0. The van der Waals surface area contributed by atoms with E-state index in [4.69, 9.17) is 4.74 Å². The van der Waals surface area contributed by atoms with Gasteiger partial charge < -0.3 is 9.64 Å². The van der Waals surface area contributed by atoms with Crippen LogP contribution in [0.15, 0.2) is 0 Å². The van der Waals surface area contributed by atoms with E-state index in [1.807, 2.05) is 0 Å². The largest absolute Gasteiger partial charge is 0.374 e. The van der Waals surface area contributed by atoms with Crippen LogP contribution in [0.4, 0.5) is 0 Å². The van der Waals surface area contributed by atoms with Gasteiger partial charge in [-0.3, -0.25) is 0 Å². The average Bonchev–Trinajstić information content (AvgIpc) is 2.24. The molecule has 0 spiro atoms. The zero-order valence-corrected chi connectivity index (χ0v) is 8.12. The highest BCUT2D eigenvalue weighted by Crippen LogP contribution is 2.27. The second kappa shape index (κ2) is 3.35. The van der Waals surface area contributed by atoms with Crippen molar-refractivity contribution in [3.05, 3.63) is 0 Å². The average molecular weight is 169 g/mol. The SMILES string of the molecule is CC1CC(OC2CCC2)CN1C. The summed E-state index contributed by atoms with van der Waals surface area (Å²) in [6.07, 6.45) is 6.34. The molecule has 2 atom stereocenters. The molecule has 1 saturated heterocycles. The smallest absolute Gasteiger partial charge is 0.0720 e. The van der Waals surface area contributed by atoms with Gasteiger partial charge in [0.2, 0.25) is 0 Å². The van der Waals surface area contributed by atoms with Crippen LogP contribution in [0, 0.1) is 0 Å². The number of rotatable bonds is 2. The number of hydrogen-bond acceptors (Lipinski definition) is 2. The van der Waals surface area contributed by atoms with Crippen LogP contribution in [0.5, 0.6) is 0 Å². The van der Waals surface area contributed by atoms with Crippen molar-refractivity contribution in [2.45, 2.75) is 50.9 Å². The Morgan fingerprint density at radius 3 is 2.42 bits per heavy atom. The zero-order chi connectivity index (χ0) is 8.55. The van der Waals surface area contributed by atoms with Gasteiger partial charge in [0.1, 0.15) is 0 Å². The van der Waals surface area contributed by atoms with Gasteiger partial charge in [0.25, 0.3) is 0 Å². The third kappa shape index (κ3) is 1.64. The fourth-order valence-corrected chi connectivity index (χ4v) is 2.01. The molecule has 1 heterocycles. The molecule has 2 heteroatoms. The molecule has 0 aromatic carbocycles. The molecule has 0 aromatic heterocycles. The van der Waals surface area contributed by atoms with Crippen molar-refractivity contribution in [3.63, 3.8) is 0 Å². The zero-order valence-electron chi connectivity index (χ0n) is 8.12. The number of likely N-dealkylation sites (N-methyl/N-ethyl adjacent to an activating group) is 1. The van der Waals surface area contributed by atoms with Crippen LogP contribution < -0.4 is 0 Å². The first-order chi connectivity index (χ1) is 5.75. The van der Waals surface area contributed by atoms with E-state index in [1.54, 1.807) is 0 Å². The van der Waals surface area contributed by atoms with Gasteiger partial charge in [-0.25, -0.2) is 0 Å². The Labute approximate surface area is 74.9 Å². The Morgan fingerprint density at radius 2 is 2.00 bits per heavy atom. The topological polar surface area (TPSA) is 12.5 Å². The highest BCUT2D eigenvalue weighted by atomic mass is 16.5. The van der Waals surface area contributed by atoms with Gasteiger partial charge in [0.05, 0.1) is 12.2 Å². The minimum atomic E-state index is 0.523. The minimum Gasteiger partial charge on any atom is -0.374 e. The molecule has 12 heavy (non-hydrogen) atoms. The number of ether oxygens (including phenoxy) is 1. The van der Waals surface area contributed by atoms with E-state index >= 15 is 0 Å². The summed E-state index contributed by atoms with van der Waals surface area (Å²) in [5.74, 6) is 0. The van der Waals surface area contributed by atoms with Crippen LogP contribution >= 0.6 is 0 Å². The lowest BCUT2D eigenvalue weighted by atomic mass is 9.96. The van der Waals surface area contributed by atoms with Crippen LogP contribution in [0.1, 0.15) is 32.6 Å². The van der Waals surface area contributed by atoms with E-state index in [2.05, 4.69) is 18.9 Å². The lowest BCUT2D eigenvalue weighted by molar-refractivity contribution is -0.0451. The highest BCUT2D eigenvalue weighted by Gasteiger charge is 2.30. The van der Waals surface area contributed by atoms with Gasteiger partial charge in [-0.2, -0.15) is 0 Å². The predicted molar refractivity (Wildman–Crippen MR) is 49.2 cm³/mol. The summed E-state index contributed by atoms with van der Waals surface area (Å²) in [5, 5.41) is 0. The van der Waals surface area contributed by atoms with Crippen molar-refractivity contribution in [1.29, 1.82) is 0 Å². The third-order valence-electron chi connectivity index (χ3n) is 3.29. The van der Waals surface area contributed by atoms with E-state index in [9.17, 15) is 0 Å². The summed E-state index contributed by atoms with van der Waals surface area (Å²) in [6.45, 7) is 3.42. The molecule has 1 aliphatic heterocycles. The molecule has 1 saturated carbocycles. The van der Waals surface area contributed by atoms with Crippen molar-refractivity contribution in [2.24, 2.45) is 0 Å². The van der Waals surface area contributed by atoms with Gasteiger partial charge in [-0.05, 0) is 39.7 Å². The molecule has 2 aliphatic rings. The van der Waals surface area contributed by atoms with Gasteiger partial charge in [-0.15, -0.1) is 0 Å². The van der Waals surface area contributed by atoms with Crippen molar-refractivity contribution in [1.82, 2.24) is 4.90 Å². The second-order valence-electron chi connectivity index (χ2n) is 4.34. The first-order valence-electron chi connectivity index (χ1n) is 5.11. The number of nitrogens with zero attached hydrogens (tertiary/aromatic N) is 1. The van der Waals surface area contributed by atoms with E-state index in [-0.39, 0.29) is 0 Å². The molecule has 2 unspecified atom stereocenters. The first-order valence-corrected chi connectivity index (χ1v) is 5.11. The molecule has 70 valence electrons. The van der Waals surface area contributed by atoms with E-state index in [0.717, 1.165) is 12.6 Å². The summed E-state index contributed by atoms with van der Waals surface area (Å²) in [5.41, 5.74) is 0. The molecular formula is C10H19NO. The van der Waals surface area contributed by atoms with Crippen molar-refractivity contribution < 1.29 is 4.74 Å². The summed E-state index contributed by atoms with van der Waals surface area (Å²) in [7, 11) is 2.19. The van der Waals surface area contributed by atoms with Crippen molar-refractivity contribution in [3.8, 4) is 0 Å². The van der Waals surface area contributed by atoms with Gasteiger partial charge in [0, 0.05) is 12.6 Å². The first kappa shape index (κ1) is 8.52. The molecule has 0 bridgehead atoms. The van der Waals surface area contributed by atoms with Crippen LogP contribution in [0.3, 0.4) is 0 Å². The van der Waals surface area contributed by atoms with Gasteiger partial charge >= 0.3 is 0 Å². The molecule has 1 aliphatic carbocycles. The van der Waals surface area contributed by atoms with Crippen molar-refractivity contribution in [2.75, 3.05) is 13.6 Å². The minimum absolute atomic E-state index is 0.523. The van der Waals surface area contributed by atoms with Crippen LogP contribution in [0.25, 0.3) is 0 Å². The van der Waals surface area contributed by atoms with Crippen molar-refractivity contribution >= 4 is 0 Å². The van der Waals surface area contributed by atoms with Gasteiger partial charge in [0.15, 0.2) is 0 Å². The Hall–Kier alpha value is -0.0800. The summed E-state index contributed by atoms with van der Waals surface area (Å²) in [4.78, 5) is 2.39. The maximum absolute atomic E-state index is 5.95. The predicted octanol–water partition coefficient (Wildman–Crippen LogP) is 1.65. The van der Waals surface area contributed by atoms with Crippen LogP contribution in [-0.4, -0.2) is 36.7 Å². The summed E-state index contributed by atoms with van der Waals surface area (Å²) < 4.78 is 5.95. The summed E-state index contributed by atoms with van der Waals surface area (Å²) in [6, 6.07) is 0.718. The Balaban J connectivity index is 1.75. The normalized spacial score (nSPS) is 38.5. The molecule has 0 radical (unpaired) electrons. The fourth-order valence-electron chi connectivity index (χ4n) is 2.01. The molecule has 2 fully saturated rings. The van der Waals surface area contributed by atoms with Crippen LogP contribution in [0.2, 0.25) is 0 Å². The standard InChI is InChI=1S/C10H19NO/c1-8-6-10(7-11(8)2)12-9-4-3-5-9/h8-10H,3-7H2,1-2H3. The quantitative estimate of drug-likeness (QED) is 0.623. The monoisotopic (exact) mass is 169 g/mol. The molecule has 2 rings (SSSR count).